The molecule has 0 bridgehead atoms. The molecular formula is C15H13BrClN3O. The summed E-state index contributed by atoms with van der Waals surface area (Å²) in [5, 5.41) is 3.98. The Morgan fingerprint density at radius 3 is 2.57 bits per heavy atom. The van der Waals surface area contributed by atoms with Crippen LogP contribution in [0.25, 0.3) is 11.0 Å². The van der Waals surface area contributed by atoms with Crippen LogP contribution >= 0.6 is 27.5 Å². The van der Waals surface area contributed by atoms with Crippen molar-refractivity contribution in [3.8, 4) is 0 Å². The lowest BCUT2D eigenvalue weighted by atomic mass is 9.98. The SMILES string of the molecule is CNC(c1cccc(Cl)c1)c1cc2[nH]c(=O)[nH]c2cc1Br. The molecule has 1 heterocycles. The van der Waals surface area contributed by atoms with E-state index in [9.17, 15) is 4.79 Å². The van der Waals surface area contributed by atoms with Gasteiger partial charge in [0.2, 0.25) is 0 Å². The minimum absolute atomic E-state index is 0.0270. The Balaban J connectivity index is 2.16. The maximum Gasteiger partial charge on any atom is 0.323 e. The van der Waals surface area contributed by atoms with Gasteiger partial charge in [-0.1, -0.05) is 39.7 Å². The number of aromatic nitrogens is 2. The van der Waals surface area contributed by atoms with E-state index in [1.165, 1.54) is 0 Å². The van der Waals surface area contributed by atoms with Crippen LogP contribution in [-0.2, 0) is 0 Å². The van der Waals surface area contributed by atoms with E-state index >= 15 is 0 Å². The van der Waals surface area contributed by atoms with Crippen molar-refractivity contribution in [1.82, 2.24) is 15.3 Å². The molecule has 2 aromatic carbocycles. The lowest BCUT2D eigenvalue weighted by Crippen LogP contribution is -2.18. The third-order valence-electron chi connectivity index (χ3n) is 3.41. The molecule has 21 heavy (non-hydrogen) atoms. The first-order valence-corrected chi connectivity index (χ1v) is 7.60. The van der Waals surface area contributed by atoms with Gasteiger partial charge in [0.15, 0.2) is 0 Å². The van der Waals surface area contributed by atoms with Gasteiger partial charge in [-0.3, -0.25) is 0 Å². The fourth-order valence-corrected chi connectivity index (χ4v) is 3.25. The molecule has 0 saturated carbocycles. The zero-order valence-corrected chi connectivity index (χ0v) is 13.5. The Hall–Kier alpha value is -1.56. The van der Waals surface area contributed by atoms with Crippen LogP contribution in [0.1, 0.15) is 17.2 Å². The van der Waals surface area contributed by atoms with Crippen LogP contribution in [0.15, 0.2) is 45.7 Å². The smallest absolute Gasteiger partial charge is 0.309 e. The molecule has 0 saturated heterocycles. The molecule has 1 unspecified atom stereocenters. The van der Waals surface area contributed by atoms with Crippen LogP contribution in [-0.4, -0.2) is 17.0 Å². The van der Waals surface area contributed by atoms with E-state index in [2.05, 4.69) is 31.2 Å². The number of halogens is 2. The monoisotopic (exact) mass is 365 g/mol. The normalized spacial score (nSPS) is 12.7. The van der Waals surface area contributed by atoms with E-state index in [1.807, 2.05) is 43.4 Å². The molecule has 0 aliphatic heterocycles. The fraction of sp³-hybridized carbons (Fsp3) is 0.133. The number of imidazole rings is 1. The van der Waals surface area contributed by atoms with Crippen molar-refractivity contribution < 1.29 is 0 Å². The molecule has 0 fully saturated rings. The summed E-state index contributed by atoms with van der Waals surface area (Å²) in [6, 6.07) is 11.5. The van der Waals surface area contributed by atoms with Crippen LogP contribution in [0.3, 0.4) is 0 Å². The molecule has 0 aliphatic carbocycles. The van der Waals surface area contributed by atoms with Crippen molar-refractivity contribution >= 4 is 38.6 Å². The second-order valence-electron chi connectivity index (χ2n) is 4.78. The fourth-order valence-electron chi connectivity index (χ4n) is 2.48. The number of rotatable bonds is 3. The van der Waals surface area contributed by atoms with E-state index in [0.717, 1.165) is 26.6 Å². The van der Waals surface area contributed by atoms with Gasteiger partial charge in [0.25, 0.3) is 0 Å². The van der Waals surface area contributed by atoms with E-state index in [1.54, 1.807) is 0 Å². The molecule has 1 aromatic heterocycles. The zero-order chi connectivity index (χ0) is 15.0. The zero-order valence-electron chi connectivity index (χ0n) is 11.2. The topological polar surface area (TPSA) is 60.7 Å². The Morgan fingerprint density at radius 2 is 1.90 bits per heavy atom. The van der Waals surface area contributed by atoms with Gasteiger partial charge < -0.3 is 15.3 Å². The minimum atomic E-state index is -0.210. The van der Waals surface area contributed by atoms with Crippen LogP contribution in [0.2, 0.25) is 5.02 Å². The van der Waals surface area contributed by atoms with Crippen LogP contribution in [0.4, 0.5) is 0 Å². The Morgan fingerprint density at radius 1 is 1.19 bits per heavy atom. The Bertz CT molecular complexity index is 855. The van der Waals surface area contributed by atoms with E-state index in [-0.39, 0.29) is 11.7 Å². The summed E-state index contributed by atoms with van der Waals surface area (Å²) < 4.78 is 0.921. The average molecular weight is 367 g/mol. The number of hydrogen-bond acceptors (Lipinski definition) is 2. The van der Waals surface area contributed by atoms with Crippen molar-refractivity contribution in [2.24, 2.45) is 0 Å². The molecule has 3 rings (SSSR count). The standard InChI is InChI=1S/C15H13BrClN3O/c1-18-14(8-3-2-4-9(17)5-8)10-6-12-13(7-11(10)16)20-15(21)19-12/h2-7,14,18H,1H3,(H2,19,20,21). The number of benzene rings is 2. The maximum atomic E-state index is 11.4. The average Bonchev–Trinajstić information content (AvgIpc) is 2.79. The molecule has 6 heteroatoms. The summed E-state index contributed by atoms with van der Waals surface area (Å²) in [5.41, 5.74) is 3.43. The van der Waals surface area contributed by atoms with Gasteiger partial charge in [0.05, 0.1) is 17.1 Å². The van der Waals surface area contributed by atoms with Gasteiger partial charge in [0.1, 0.15) is 0 Å². The van der Waals surface area contributed by atoms with Gasteiger partial charge in [-0.25, -0.2) is 4.79 Å². The van der Waals surface area contributed by atoms with E-state index < -0.39 is 0 Å². The number of hydrogen-bond donors (Lipinski definition) is 3. The first-order valence-electron chi connectivity index (χ1n) is 6.42. The van der Waals surface area contributed by atoms with Crippen LogP contribution in [0.5, 0.6) is 0 Å². The van der Waals surface area contributed by atoms with Gasteiger partial charge >= 0.3 is 5.69 Å². The predicted octanol–water partition coefficient (Wildman–Crippen LogP) is 3.58. The number of H-pyrrole nitrogens is 2. The number of aromatic amines is 2. The number of nitrogens with one attached hydrogen (secondary N) is 3. The highest BCUT2D eigenvalue weighted by atomic mass is 79.9. The van der Waals surface area contributed by atoms with Crippen LogP contribution in [0, 0.1) is 0 Å². The Kier molecular flexibility index (Phi) is 3.89. The van der Waals surface area contributed by atoms with Crippen molar-refractivity contribution in [3.63, 3.8) is 0 Å². The highest BCUT2D eigenvalue weighted by molar-refractivity contribution is 9.10. The molecule has 3 N–H and O–H groups in total. The third kappa shape index (κ3) is 2.77. The first-order chi connectivity index (χ1) is 10.1. The predicted molar refractivity (Wildman–Crippen MR) is 89.0 cm³/mol. The molecule has 0 amide bonds. The lowest BCUT2D eigenvalue weighted by Gasteiger charge is -2.19. The first kappa shape index (κ1) is 14.4. The molecule has 108 valence electrons. The second kappa shape index (κ2) is 5.67. The molecule has 0 radical (unpaired) electrons. The van der Waals surface area contributed by atoms with Crippen LogP contribution < -0.4 is 11.0 Å². The van der Waals surface area contributed by atoms with Gasteiger partial charge in [-0.05, 0) is 42.4 Å². The minimum Gasteiger partial charge on any atom is -0.309 e. The molecule has 0 aliphatic rings. The van der Waals surface area contributed by atoms with Crippen molar-refractivity contribution in [2.45, 2.75) is 6.04 Å². The second-order valence-corrected chi connectivity index (χ2v) is 6.07. The summed E-state index contributed by atoms with van der Waals surface area (Å²) in [5.74, 6) is 0. The van der Waals surface area contributed by atoms with E-state index in [4.69, 9.17) is 11.6 Å². The van der Waals surface area contributed by atoms with E-state index in [0.29, 0.717) is 5.02 Å². The highest BCUT2D eigenvalue weighted by Gasteiger charge is 2.17. The van der Waals surface area contributed by atoms with Crippen molar-refractivity contribution in [2.75, 3.05) is 7.05 Å². The van der Waals surface area contributed by atoms with Crippen molar-refractivity contribution in [1.29, 1.82) is 0 Å². The Labute approximate surface area is 134 Å². The summed E-state index contributed by atoms with van der Waals surface area (Å²) in [6.07, 6.45) is 0. The largest absolute Gasteiger partial charge is 0.323 e. The van der Waals surface area contributed by atoms with Crippen molar-refractivity contribution in [3.05, 3.63) is 67.5 Å². The molecule has 4 nitrogen and oxygen atoms in total. The number of fused-ring (bicyclic) bond motifs is 1. The van der Waals surface area contributed by atoms with Gasteiger partial charge in [0, 0.05) is 9.50 Å². The molecule has 0 spiro atoms. The summed E-state index contributed by atoms with van der Waals surface area (Å²) in [7, 11) is 1.89. The van der Waals surface area contributed by atoms with Gasteiger partial charge in [-0.2, -0.15) is 0 Å². The molecule has 3 aromatic rings. The summed E-state index contributed by atoms with van der Waals surface area (Å²) >= 11 is 9.65. The summed E-state index contributed by atoms with van der Waals surface area (Å²) in [4.78, 5) is 16.9. The lowest BCUT2D eigenvalue weighted by molar-refractivity contribution is 0.690. The molecular weight excluding hydrogens is 354 g/mol. The molecule has 1 atom stereocenters. The van der Waals surface area contributed by atoms with Gasteiger partial charge in [-0.15, -0.1) is 0 Å². The highest BCUT2D eigenvalue weighted by Crippen LogP contribution is 2.31. The maximum absolute atomic E-state index is 11.4. The quantitative estimate of drug-likeness (QED) is 0.663. The summed E-state index contributed by atoms with van der Waals surface area (Å²) in [6.45, 7) is 0. The third-order valence-corrected chi connectivity index (χ3v) is 4.34.